The fourth-order valence-corrected chi connectivity index (χ4v) is 3.20. The van der Waals surface area contributed by atoms with E-state index in [0.717, 1.165) is 19.1 Å². The van der Waals surface area contributed by atoms with Crippen molar-refractivity contribution in [2.75, 3.05) is 13.2 Å². The number of hydrogen-bond acceptors (Lipinski definition) is 2. The minimum atomic E-state index is 0.263. The molecule has 0 radical (unpaired) electrons. The van der Waals surface area contributed by atoms with Gasteiger partial charge in [0.2, 0.25) is 0 Å². The minimum Gasteiger partial charge on any atom is -0.372 e. The molecule has 1 unspecified atom stereocenters. The van der Waals surface area contributed by atoms with Crippen molar-refractivity contribution in [3.05, 3.63) is 0 Å². The van der Waals surface area contributed by atoms with Gasteiger partial charge in [0.25, 0.3) is 0 Å². The van der Waals surface area contributed by atoms with Crippen LogP contribution in [0.3, 0.4) is 0 Å². The van der Waals surface area contributed by atoms with E-state index in [-0.39, 0.29) is 5.60 Å². The maximum absolute atomic E-state index is 6.08. The van der Waals surface area contributed by atoms with Crippen molar-refractivity contribution >= 4 is 0 Å². The van der Waals surface area contributed by atoms with E-state index in [1.54, 1.807) is 0 Å². The predicted octanol–water partition coefficient (Wildman–Crippen LogP) is 1.70. The van der Waals surface area contributed by atoms with Crippen molar-refractivity contribution in [1.82, 2.24) is 5.32 Å². The molecule has 1 N–H and O–H groups in total. The maximum atomic E-state index is 6.08. The molecule has 1 atom stereocenters. The fourth-order valence-electron chi connectivity index (χ4n) is 3.20. The molecule has 0 bridgehead atoms. The van der Waals surface area contributed by atoms with Gasteiger partial charge in [-0.15, -0.1) is 0 Å². The highest BCUT2D eigenvalue weighted by Gasteiger charge is 2.50. The molecule has 2 heteroatoms. The van der Waals surface area contributed by atoms with Gasteiger partial charge >= 0.3 is 0 Å². The third kappa shape index (κ3) is 1.31. The lowest BCUT2D eigenvalue weighted by Gasteiger charge is -2.42. The van der Waals surface area contributed by atoms with Gasteiger partial charge in [-0.3, -0.25) is 0 Å². The second-order valence-electron chi connectivity index (χ2n) is 4.89. The van der Waals surface area contributed by atoms with E-state index in [1.165, 1.54) is 38.5 Å². The lowest BCUT2D eigenvalue weighted by Crippen LogP contribution is -2.57. The van der Waals surface area contributed by atoms with E-state index in [2.05, 4.69) is 5.32 Å². The number of nitrogens with one attached hydrogen (secondary N) is 1. The molecule has 1 saturated heterocycles. The smallest absolute Gasteiger partial charge is 0.0838 e. The molecule has 2 nitrogen and oxygen atoms in total. The van der Waals surface area contributed by atoms with E-state index in [4.69, 9.17) is 4.74 Å². The molecule has 1 spiro atoms. The highest BCUT2D eigenvalue weighted by atomic mass is 16.5. The summed E-state index contributed by atoms with van der Waals surface area (Å²) in [4.78, 5) is 0. The first-order valence-electron chi connectivity index (χ1n) is 5.78. The molecule has 2 aliphatic carbocycles. The molecule has 3 aliphatic rings. The number of hydrogen-bond donors (Lipinski definition) is 1. The molecule has 0 aromatic carbocycles. The number of rotatable bonds is 1. The van der Waals surface area contributed by atoms with Crippen LogP contribution in [0.4, 0.5) is 0 Å². The van der Waals surface area contributed by atoms with Crippen molar-refractivity contribution in [1.29, 1.82) is 0 Å². The minimum absolute atomic E-state index is 0.263. The first-order valence-corrected chi connectivity index (χ1v) is 5.78. The Balaban J connectivity index is 1.79. The number of ether oxygens (including phenoxy) is 1. The average molecular weight is 181 g/mol. The molecule has 3 fully saturated rings. The molecular weight excluding hydrogens is 162 g/mol. The Bertz CT molecular complexity index is 194. The fraction of sp³-hybridized carbons (Fsp3) is 1.00. The molecular formula is C11H19NO. The van der Waals surface area contributed by atoms with E-state index in [9.17, 15) is 0 Å². The summed E-state index contributed by atoms with van der Waals surface area (Å²) in [5.74, 6) is 0.943. The van der Waals surface area contributed by atoms with E-state index in [0.29, 0.717) is 6.04 Å². The Morgan fingerprint density at radius 1 is 1.15 bits per heavy atom. The molecule has 1 aliphatic heterocycles. The lowest BCUT2D eigenvalue weighted by molar-refractivity contribution is -0.0972. The van der Waals surface area contributed by atoms with Gasteiger partial charge in [-0.05, 0) is 31.6 Å². The summed E-state index contributed by atoms with van der Waals surface area (Å²) < 4.78 is 6.08. The van der Waals surface area contributed by atoms with Crippen molar-refractivity contribution in [3.63, 3.8) is 0 Å². The molecule has 0 aromatic rings. The Morgan fingerprint density at radius 3 is 2.62 bits per heavy atom. The number of morpholine rings is 1. The predicted molar refractivity (Wildman–Crippen MR) is 51.7 cm³/mol. The van der Waals surface area contributed by atoms with Gasteiger partial charge in [0.15, 0.2) is 0 Å². The standard InChI is InChI=1S/C11H19NO/c1-2-6-11(5-1)10(9-3-4-9)12-7-8-13-11/h9-10,12H,1-8H2. The molecule has 13 heavy (non-hydrogen) atoms. The van der Waals surface area contributed by atoms with Crippen LogP contribution in [0, 0.1) is 5.92 Å². The van der Waals surface area contributed by atoms with Crippen molar-refractivity contribution < 1.29 is 4.74 Å². The van der Waals surface area contributed by atoms with Gasteiger partial charge in [0.1, 0.15) is 0 Å². The average Bonchev–Trinajstić information content (AvgIpc) is 2.89. The van der Waals surface area contributed by atoms with Crippen LogP contribution in [0.5, 0.6) is 0 Å². The second-order valence-corrected chi connectivity index (χ2v) is 4.89. The van der Waals surface area contributed by atoms with Crippen molar-refractivity contribution in [2.45, 2.75) is 50.2 Å². The Labute approximate surface area is 80.0 Å². The SMILES string of the molecule is C1CCC2(C1)OCCNC2C1CC1. The van der Waals surface area contributed by atoms with Crippen LogP contribution in [0.2, 0.25) is 0 Å². The third-order valence-electron chi connectivity index (χ3n) is 3.97. The first kappa shape index (κ1) is 8.25. The van der Waals surface area contributed by atoms with Gasteiger partial charge in [0, 0.05) is 12.6 Å². The van der Waals surface area contributed by atoms with Gasteiger partial charge in [-0.1, -0.05) is 12.8 Å². The maximum Gasteiger partial charge on any atom is 0.0838 e. The highest BCUT2D eigenvalue weighted by molar-refractivity contribution is 5.05. The van der Waals surface area contributed by atoms with E-state index >= 15 is 0 Å². The van der Waals surface area contributed by atoms with E-state index in [1.807, 2.05) is 0 Å². The zero-order chi connectivity index (χ0) is 8.73. The topological polar surface area (TPSA) is 21.3 Å². The van der Waals surface area contributed by atoms with Crippen LogP contribution in [-0.4, -0.2) is 24.8 Å². The molecule has 74 valence electrons. The second kappa shape index (κ2) is 2.96. The lowest BCUT2D eigenvalue weighted by atomic mass is 9.87. The third-order valence-corrected chi connectivity index (χ3v) is 3.97. The zero-order valence-electron chi connectivity index (χ0n) is 8.22. The van der Waals surface area contributed by atoms with Gasteiger partial charge in [0.05, 0.1) is 12.2 Å². The molecule has 1 heterocycles. The monoisotopic (exact) mass is 181 g/mol. The van der Waals surface area contributed by atoms with Crippen LogP contribution in [0.1, 0.15) is 38.5 Å². The summed E-state index contributed by atoms with van der Waals surface area (Å²) in [5, 5.41) is 3.69. The van der Waals surface area contributed by atoms with Crippen LogP contribution in [-0.2, 0) is 4.74 Å². The first-order chi connectivity index (χ1) is 6.41. The van der Waals surface area contributed by atoms with Crippen LogP contribution >= 0.6 is 0 Å². The summed E-state index contributed by atoms with van der Waals surface area (Å²) in [7, 11) is 0. The molecule has 3 rings (SSSR count). The highest BCUT2D eigenvalue weighted by Crippen LogP contribution is 2.46. The van der Waals surface area contributed by atoms with E-state index < -0.39 is 0 Å². The summed E-state index contributed by atoms with van der Waals surface area (Å²) in [6.45, 7) is 2.01. The van der Waals surface area contributed by atoms with Crippen molar-refractivity contribution in [2.24, 2.45) is 5.92 Å². The summed E-state index contributed by atoms with van der Waals surface area (Å²) in [5.41, 5.74) is 0.263. The molecule has 0 aromatic heterocycles. The Morgan fingerprint density at radius 2 is 1.92 bits per heavy atom. The molecule has 0 amide bonds. The van der Waals surface area contributed by atoms with Gasteiger partial charge < -0.3 is 10.1 Å². The Hall–Kier alpha value is -0.0800. The van der Waals surface area contributed by atoms with Crippen LogP contribution in [0.25, 0.3) is 0 Å². The molecule has 2 saturated carbocycles. The zero-order valence-corrected chi connectivity index (χ0v) is 8.22. The largest absolute Gasteiger partial charge is 0.372 e. The quantitative estimate of drug-likeness (QED) is 0.665. The summed E-state index contributed by atoms with van der Waals surface area (Å²) >= 11 is 0. The Kier molecular flexibility index (Phi) is 1.88. The summed E-state index contributed by atoms with van der Waals surface area (Å²) in [6, 6.07) is 0.698. The van der Waals surface area contributed by atoms with Crippen LogP contribution < -0.4 is 5.32 Å². The van der Waals surface area contributed by atoms with Gasteiger partial charge in [-0.25, -0.2) is 0 Å². The normalized spacial score (nSPS) is 38.3. The summed E-state index contributed by atoms with van der Waals surface area (Å²) in [6.07, 6.45) is 8.24. The van der Waals surface area contributed by atoms with Gasteiger partial charge in [-0.2, -0.15) is 0 Å². The van der Waals surface area contributed by atoms with Crippen molar-refractivity contribution in [3.8, 4) is 0 Å². The van der Waals surface area contributed by atoms with Crippen LogP contribution in [0.15, 0.2) is 0 Å².